The predicted octanol–water partition coefficient (Wildman–Crippen LogP) is 19.1. The lowest BCUT2D eigenvalue weighted by Gasteiger charge is -2.26. The Labute approximate surface area is 533 Å². The van der Waals surface area contributed by atoms with Crippen LogP contribution in [-0.4, -0.2) is 46.4 Å². The van der Waals surface area contributed by atoms with Gasteiger partial charge >= 0.3 is 11.9 Å². The molecule has 9 aromatic carbocycles. The minimum Gasteiger partial charge on any atom is -0.457 e. The third kappa shape index (κ3) is 13.2. The fraction of sp³-hybridized carbons (Fsp3) is 0.225. The molecule has 91 heavy (non-hydrogen) atoms. The smallest absolute Gasteiger partial charge is 0.338 e. The van der Waals surface area contributed by atoms with Crippen LogP contribution in [0.25, 0.3) is 95.8 Å². The first-order valence-corrected chi connectivity index (χ1v) is 31.0. The highest BCUT2D eigenvalue weighted by molar-refractivity contribution is 6.13. The van der Waals surface area contributed by atoms with E-state index in [4.69, 9.17) is 39.4 Å². The molecule has 0 bridgehead atoms. The molecule has 454 valence electrons. The van der Waals surface area contributed by atoms with Gasteiger partial charge in [-0.25, -0.2) is 39.5 Å². The molecule has 0 fully saturated rings. The standard InChI is InChI=1S/C80H75N7O4/c1-77(2,3)59-39-57(40-60(46-59)78(4,5)6)72-84-73(58-41-61(79(7,8)9)47-62(42-58)80(10,11)12)86-74(85-72)65-43-54(71-82-69(52-29-21-15-22-30-52)81-70(83-71)53-31-23-16-24-32-53)33-36-68(65)87-66-37-34-55(75(88)90-48-50-25-17-13-18-26-50)44-63(66)64-45-56(35-38-67(64)87)76(89)91-49-51-27-19-14-20-28-51/h13-47H,48-49H2,1-12H3. The van der Waals surface area contributed by atoms with Crippen LogP contribution in [-0.2, 0) is 44.3 Å². The van der Waals surface area contributed by atoms with E-state index in [0.29, 0.717) is 73.7 Å². The lowest BCUT2D eigenvalue weighted by Crippen LogP contribution is -2.17. The van der Waals surface area contributed by atoms with E-state index in [1.807, 2.05) is 152 Å². The Morgan fingerprint density at radius 1 is 0.330 bits per heavy atom. The molecule has 3 heterocycles. The number of ether oxygens (including phenoxy) is 2. The number of aromatic nitrogens is 7. The lowest BCUT2D eigenvalue weighted by atomic mass is 9.79. The first-order chi connectivity index (χ1) is 43.4. The van der Waals surface area contributed by atoms with Gasteiger partial charge in [0.1, 0.15) is 13.2 Å². The maximum absolute atomic E-state index is 14.2. The summed E-state index contributed by atoms with van der Waals surface area (Å²) in [7, 11) is 0. The van der Waals surface area contributed by atoms with Crippen molar-refractivity contribution >= 4 is 33.7 Å². The Morgan fingerprint density at radius 3 is 1.02 bits per heavy atom. The van der Waals surface area contributed by atoms with Gasteiger partial charge in [0.05, 0.1) is 27.8 Å². The summed E-state index contributed by atoms with van der Waals surface area (Å²) in [5.41, 5.74) is 13.1. The van der Waals surface area contributed by atoms with Crippen LogP contribution in [0, 0.1) is 0 Å². The average molecular weight is 1200 g/mol. The van der Waals surface area contributed by atoms with Crippen LogP contribution in [0.1, 0.15) is 137 Å². The van der Waals surface area contributed by atoms with Crippen LogP contribution in [0.3, 0.4) is 0 Å². The number of nitrogens with zero attached hydrogens (tertiary/aromatic N) is 7. The van der Waals surface area contributed by atoms with Gasteiger partial charge in [0.15, 0.2) is 34.9 Å². The summed E-state index contributed by atoms with van der Waals surface area (Å²) in [5, 5.41) is 1.41. The summed E-state index contributed by atoms with van der Waals surface area (Å²) in [4.78, 5) is 60.7. The van der Waals surface area contributed by atoms with Crippen molar-refractivity contribution in [2.24, 2.45) is 0 Å². The topological polar surface area (TPSA) is 135 Å². The van der Waals surface area contributed by atoms with Gasteiger partial charge in [-0.15, -0.1) is 0 Å². The van der Waals surface area contributed by atoms with Gasteiger partial charge in [-0.2, -0.15) is 0 Å². The molecular formula is C80H75N7O4. The van der Waals surface area contributed by atoms with Crippen LogP contribution in [0.2, 0.25) is 0 Å². The number of hydrogen-bond donors (Lipinski definition) is 0. The second-order valence-electron chi connectivity index (χ2n) is 27.6. The fourth-order valence-corrected chi connectivity index (χ4v) is 11.1. The molecule has 0 radical (unpaired) electrons. The zero-order valence-corrected chi connectivity index (χ0v) is 53.9. The van der Waals surface area contributed by atoms with Crippen molar-refractivity contribution in [3.05, 3.63) is 257 Å². The summed E-state index contributed by atoms with van der Waals surface area (Å²) >= 11 is 0. The molecule has 0 atom stereocenters. The van der Waals surface area contributed by atoms with Gasteiger partial charge in [0.2, 0.25) is 0 Å². The second-order valence-corrected chi connectivity index (χ2v) is 27.6. The Balaban J connectivity index is 1.16. The molecule has 3 aromatic heterocycles. The molecule has 0 amide bonds. The largest absolute Gasteiger partial charge is 0.457 e. The van der Waals surface area contributed by atoms with E-state index in [1.165, 1.54) is 0 Å². The third-order valence-corrected chi connectivity index (χ3v) is 16.6. The Kier molecular flexibility index (Phi) is 16.3. The maximum atomic E-state index is 14.2. The molecule has 0 aliphatic carbocycles. The van der Waals surface area contributed by atoms with Gasteiger partial charge in [-0.05, 0) is 134 Å². The summed E-state index contributed by atoms with van der Waals surface area (Å²) in [6, 6.07) is 69.9. The van der Waals surface area contributed by atoms with Crippen LogP contribution in [0.5, 0.6) is 0 Å². The van der Waals surface area contributed by atoms with E-state index in [9.17, 15) is 9.59 Å². The summed E-state index contributed by atoms with van der Waals surface area (Å²) in [6.07, 6.45) is 0. The van der Waals surface area contributed by atoms with E-state index < -0.39 is 11.9 Å². The Hall–Kier alpha value is -10.3. The quantitative estimate of drug-likeness (QED) is 0.103. The number of carbonyl (C=O) groups is 2. The van der Waals surface area contributed by atoms with Gasteiger partial charge in [0.25, 0.3) is 0 Å². The highest BCUT2D eigenvalue weighted by Crippen LogP contribution is 2.42. The number of benzene rings is 9. The molecule has 0 spiro atoms. The molecule has 0 aliphatic heterocycles. The van der Waals surface area contributed by atoms with Gasteiger partial charge in [-0.3, -0.25) is 0 Å². The van der Waals surface area contributed by atoms with Crippen molar-refractivity contribution in [2.45, 2.75) is 118 Å². The highest BCUT2D eigenvalue weighted by Gasteiger charge is 2.28. The second kappa shape index (κ2) is 24.3. The summed E-state index contributed by atoms with van der Waals surface area (Å²) in [6.45, 7) is 27.0. The third-order valence-electron chi connectivity index (χ3n) is 16.6. The van der Waals surface area contributed by atoms with Crippen molar-refractivity contribution in [3.8, 4) is 74.0 Å². The van der Waals surface area contributed by atoms with E-state index in [2.05, 4.69) is 136 Å². The zero-order valence-electron chi connectivity index (χ0n) is 53.9. The predicted molar refractivity (Wildman–Crippen MR) is 366 cm³/mol. The average Bonchev–Trinajstić information content (AvgIpc) is 1.65. The molecular weight excluding hydrogens is 1120 g/mol. The molecule has 0 saturated heterocycles. The minimum absolute atomic E-state index is 0.0966. The Morgan fingerprint density at radius 2 is 0.659 bits per heavy atom. The van der Waals surface area contributed by atoms with Crippen molar-refractivity contribution in [2.75, 3.05) is 0 Å². The molecule has 12 aromatic rings. The van der Waals surface area contributed by atoms with Crippen LogP contribution in [0.4, 0.5) is 0 Å². The molecule has 11 heteroatoms. The van der Waals surface area contributed by atoms with Gasteiger partial charge in [0, 0.05) is 44.2 Å². The molecule has 12 rings (SSSR count). The molecule has 0 unspecified atom stereocenters. The fourth-order valence-electron chi connectivity index (χ4n) is 11.1. The highest BCUT2D eigenvalue weighted by atomic mass is 16.5. The first-order valence-electron chi connectivity index (χ1n) is 31.0. The first kappa shape index (κ1) is 61.0. The number of esters is 2. The zero-order chi connectivity index (χ0) is 64.0. The summed E-state index contributed by atoms with van der Waals surface area (Å²) in [5.74, 6) is 1.89. The van der Waals surface area contributed by atoms with Crippen molar-refractivity contribution in [1.29, 1.82) is 0 Å². The molecule has 11 nitrogen and oxygen atoms in total. The van der Waals surface area contributed by atoms with Crippen LogP contribution < -0.4 is 0 Å². The van der Waals surface area contributed by atoms with E-state index in [-0.39, 0.29) is 34.9 Å². The van der Waals surface area contributed by atoms with Gasteiger partial charge < -0.3 is 14.0 Å². The van der Waals surface area contributed by atoms with E-state index in [1.54, 1.807) is 12.1 Å². The number of rotatable bonds is 13. The normalized spacial score (nSPS) is 12.1. The van der Waals surface area contributed by atoms with E-state index in [0.717, 1.165) is 66.7 Å². The number of carbonyl (C=O) groups excluding carboxylic acids is 2. The number of fused-ring (bicyclic) bond motifs is 3. The molecule has 0 saturated carbocycles. The minimum atomic E-state index is -0.488. The van der Waals surface area contributed by atoms with E-state index >= 15 is 0 Å². The van der Waals surface area contributed by atoms with Gasteiger partial charge in [-0.1, -0.05) is 217 Å². The number of hydrogen-bond acceptors (Lipinski definition) is 10. The monoisotopic (exact) mass is 1200 g/mol. The van der Waals surface area contributed by atoms with Crippen molar-refractivity contribution in [3.63, 3.8) is 0 Å². The SMILES string of the molecule is CC(C)(C)c1cc(-c2nc(-c3cc(C(C)(C)C)cc(C(C)(C)C)c3)nc(-c3cc(-c4nc(-c5ccccc5)nc(-c5ccccc5)n4)ccc3-n3c4ccc(C(=O)OCc5ccccc5)cc4c4cc(C(=O)OCc5ccccc5)ccc43)n2)cc(C(C)(C)C)c1. The Bertz CT molecular complexity index is 4380. The van der Waals surface area contributed by atoms with Crippen molar-refractivity contribution < 1.29 is 19.1 Å². The maximum Gasteiger partial charge on any atom is 0.338 e. The van der Waals surface area contributed by atoms with Crippen LogP contribution in [0.15, 0.2) is 212 Å². The van der Waals surface area contributed by atoms with Crippen molar-refractivity contribution in [1.82, 2.24) is 34.5 Å². The summed E-state index contributed by atoms with van der Waals surface area (Å²) < 4.78 is 14.0. The molecule has 0 N–H and O–H groups in total. The lowest BCUT2D eigenvalue weighted by molar-refractivity contribution is 0.0464. The molecule has 0 aliphatic rings. The van der Waals surface area contributed by atoms with Crippen LogP contribution >= 0.6 is 0 Å².